The van der Waals surface area contributed by atoms with Crippen molar-refractivity contribution in [3.8, 4) is 11.5 Å². The largest absolute Gasteiger partial charge is 0.497 e. The number of fused-ring (bicyclic) bond motifs is 3. The molecule has 8 nitrogen and oxygen atoms in total. The molecular formula is C31H30BrN3O5. The Hall–Kier alpha value is -3.66. The van der Waals surface area contributed by atoms with E-state index in [0.717, 1.165) is 21.3 Å². The third-order valence-corrected chi connectivity index (χ3v) is 8.68. The topological polar surface area (TPSA) is 97.1 Å². The molecule has 3 aromatic carbocycles. The minimum absolute atomic E-state index is 0.214. The molecule has 2 N–H and O–H groups in total. The molecule has 1 aliphatic heterocycles. The first-order chi connectivity index (χ1) is 19.2. The van der Waals surface area contributed by atoms with Crippen LogP contribution in [0.3, 0.4) is 0 Å². The zero-order valence-electron chi connectivity index (χ0n) is 22.4. The van der Waals surface area contributed by atoms with E-state index in [2.05, 4.69) is 15.9 Å². The predicted octanol–water partition coefficient (Wildman–Crippen LogP) is 4.04. The molecular weight excluding hydrogens is 574 g/mol. The zero-order chi connectivity index (χ0) is 28.2. The lowest BCUT2D eigenvalue weighted by atomic mass is 9.71. The standard InChI is InChI=1S/C31H30BrN3O5/c1-34(2)29(37)25-26(20-7-5-4-6-8-20)31(21-11-13-22(32)14-12-21)30(38,28(25)36)27-24(40-31)18-35(33-27)17-19-9-15-23(39-3)16-10-19/h4-16,18,25-26,28,36,38H,17H2,1-3H3. The van der Waals surface area contributed by atoms with Gasteiger partial charge in [0.2, 0.25) is 5.91 Å². The van der Waals surface area contributed by atoms with Gasteiger partial charge >= 0.3 is 0 Å². The van der Waals surface area contributed by atoms with Gasteiger partial charge in [0.15, 0.2) is 17.0 Å². The highest BCUT2D eigenvalue weighted by molar-refractivity contribution is 9.10. The Morgan fingerprint density at radius 3 is 2.38 bits per heavy atom. The van der Waals surface area contributed by atoms with Gasteiger partial charge in [-0.05, 0) is 41.0 Å². The number of hydrogen-bond acceptors (Lipinski definition) is 6. The van der Waals surface area contributed by atoms with Crippen LogP contribution in [0.25, 0.3) is 0 Å². The number of carbonyl (C=O) groups is 1. The van der Waals surface area contributed by atoms with Crippen LogP contribution in [-0.2, 0) is 22.5 Å². The summed E-state index contributed by atoms with van der Waals surface area (Å²) in [6.45, 7) is 0.417. The quantitative estimate of drug-likeness (QED) is 0.345. The van der Waals surface area contributed by atoms with Gasteiger partial charge in [0.05, 0.1) is 25.8 Å². The average Bonchev–Trinajstić information content (AvgIpc) is 3.53. The molecule has 2 aliphatic rings. The van der Waals surface area contributed by atoms with E-state index in [1.807, 2.05) is 78.9 Å². The number of ether oxygens (including phenoxy) is 2. The van der Waals surface area contributed by atoms with Gasteiger partial charge in [0, 0.05) is 24.5 Å². The van der Waals surface area contributed by atoms with Gasteiger partial charge in [0.1, 0.15) is 17.5 Å². The van der Waals surface area contributed by atoms with Crippen molar-refractivity contribution in [3.63, 3.8) is 0 Å². The smallest absolute Gasteiger partial charge is 0.228 e. The van der Waals surface area contributed by atoms with Crippen molar-refractivity contribution in [2.24, 2.45) is 5.92 Å². The summed E-state index contributed by atoms with van der Waals surface area (Å²) < 4.78 is 14.6. The van der Waals surface area contributed by atoms with Crippen LogP contribution in [0.4, 0.5) is 0 Å². The number of hydrogen-bond donors (Lipinski definition) is 2. The van der Waals surface area contributed by atoms with E-state index in [0.29, 0.717) is 17.9 Å². The van der Waals surface area contributed by atoms with Gasteiger partial charge < -0.3 is 24.6 Å². The Kier molecular flexibility index (Phi) is 6.48. The summed E-state index contributed by atoms with van der Waals surface area (Å²) in [5, 5.41) is 29.5. The van der Waals surface area contributed by atoms with Crippen LogP contribution in [0, 0.1) is 5.92 Å². The minimum Gasteiger partial charge on any atom is -0.497 e. The monoisotopic (exact) mass is 603 g/mol. The fraction of sp³-hybridized carbons (Fsp3) is 0.290. The number of rotatable bonds is 6. The number of aliphatic hydroxyl groups excluding tert-OH is 1. The van der Waals surface area contributed by atoms with E-state index in [1.165, 1.54) is 4.90 Å². The first-order valence-electron chi connectivity index (χ1n) is 13.0. The molecule has 5 atom stereocenters. The summed E-state index contributed by atoms with van der Waals surface area (Å²) in [6, 6.07) is 24.5. The number of nitrogens with zero attached hydrogens (tertiary/aromatic N) is 3. The lowest BCUT2D eigenvalue weighted by Gasteiger charge is -2.40. The molecule has 0 spiro atoms. The third kappa shape index (κ3) is 3.79. The van der Waals surface area contributed by atoms with E-state index in [9.17, 15) is 15.0 Å². The summed E-state index contributed by atoms with van der Waals surface area (Å²) in [5.74, 6) is -0.889. The van der Waals surface area contributed by atoms with Crippen molar-refractivity contribution in [2.75, 3.05) is 21.2 Å². The molecule has 206 valence electrons. The second-order valence-electron chi connectivity index (χ2n) is 10.6. The molecule has 1 fully saturated rings. The van der Waals surface area contributed by atoms with Crippen LogP contribution in [0.5, 0.6) is 11.5 Å². The molecule has 5 unspecified atom stereocenters. The van der Waals surface area contributed by atoms with Crippen molar-refractivity contribution in [3.05, 3.63) is 112 Å². The van der Waals surface area contributed by atoms with E-state index in [4.69, 9.17) is 14.6 Å². The molecule has 6 rings (SSSR count). The van der Waals surface area contributed by atoms with Crippen LogP contribution in [-0.4, -0.2) is 58.1 Å². The highest BCUT2D eigenvalue weighted by atomic mass is 79.9. The van der Waals surface area contributed by atoms with Crippen LogP contribution >= 0.6 is 15.9 Å². The number of aromatic nitrogens is 2. The number of halogens is 1. The summed E-state index contributed by atoms with van der Waals surface area (Å²) >= 11 is 3.50. The van der Waals surface area contributed by atoms with Crippen molar-refractivity contribution in [2.45, 2.75) is 29.8 Å². The Balaban J connectivity index is 1.53. The van der Waals surface area contributed by atoms with Crippen LogP contribution in [0.1, 0.15) is 28.3 Å². The molecule has 4 aromatic rings. The molecule has 40 heavy (non-hydrogen) atoms. The Morgan fingerprint density at radius 1 is 1.07 bits per heavy atom. The predicted molar refractivity (Wildman–Crippen MR) is 152 cm³/mol. The second-order valence-corrected chi connectivity index (χ2v) is 11.5. The van der Waals surface area contributed by atoms with Gasteiger partial charge in [0.25, 0.3) is 0 Å². The summed E-state index contributed by atoms with van der Waals surface area (Å²) in [7, 11) is 4.92. The van der Waals surface area contributed by atoms with Crippen molar-refractivity contribution >= 4 is 21.8 Å². The Labute approximate surface area is 240 Å². The zero-order valence-corrected chi connectivity index (χ0v) is 23.9. The maximum atomic E-state index is 13.7. The second kappa shape index (κ2) is 9.76. The van der Waals surface area contributed by atoms with E-state index in [-0.39, 0.29) is 11.6 Å². The van der Waals surface area contributed by atoms with Crippen LogP contribution < -0.4 is 9.47 Å². The molecule has 2 heterocycles. The molecule has 0 bridgehead atoms. The molecule has 0 saturated heterocycles. The average molecular weight is 605 g/mol. The van der Waals surface area contributed by atoms with Gasteiger partial charge in [-0.3, -0.25) is 9.48 Å². The van der Waals surface area contributed by atoms with Crippen molar-refractivity contribution in [1.29, 1.82) is 0 Å². The third-order valence-electron chi connectivity index (χ3n) is 8.15. The van der Waals surface area contributed by atoms with Gasteiger partial charge in [-0.2, -0.15) is 5.10 Å². The van der Waals surface area contributed by atoms with E-state index < -0.39 is 29.1 Å². The van der Waals surface area contributed by atoms with Gasteiger partial charge in [-0.25, -0.2) is 0 Å². The Bertz CT molecular complexity index is 1540. The number of methoxy groups -OCH3 is 1. The molecule has 1 amide bonds. The van der Waals surface area contributed by atoms with Crippen LogP contribution in [0.2, 0.25) is 0 Å². The van der Waals surface area contributed by atoms with Gasteiger partial charge in [-0.1, -0.05) is 70.5 Å². The minimum atomic E-state index is -2.02. The maximum absolute atomic E-state index is 13.7. The normalized spacial score (nSPS) is 26.6. The number of amides is 1. The molecule has 1 aromatic heterocycles. The van der Waals surface area contributed by atoms with Crippen molar-refractivity contribution in [1.82, 2.24) is 14.7 Å². The SMILES string of the molecule is COc1ccc(Cn2cc3c(n2)C2(O)C(O)C(C(=O)N(C)C)C(c4ccccc4)C2(c2ccc(Br)cc2)O3)cc1. The number of benzene rings is 3. The molecule has 1 saturated carbocycles. The first kappa shape index (κ1) is 26.6. The highest BCUT2D eigenvalue weighted by Crippen LogP contribution is 2.68. The molecule has 9 heteroatoms. The Morgan fingerprint density at radius 2 is 1.75 bits per heavy atom. The lowest BCUT2D eigenvalue weighted by Crippen LogP contribution is -2.52. The molecule has 0 radical (unpaired) electrons. The number of aliphatic hydroxyl groups is 2. The highest BCUT2D eigenvalue weighted by Gasteiger charge is 2.78. The lowest BCUT2D eigenvalue weighted by molar-refractivity contribution is -0.158. The van der Waals surface area contributed by atoms with E-state index >= 15 is 0 Å². The van der Waals surface area contributed by atoms with Gasteiger partial charge in [-0.15, -0.1) is 0 Å². The summed E-state index contributed by atoms with van der Waals surface area (Å²) in [6.07, 6.45) is 0.246. The summed E-state index contributed by atoms with van der Waals surface area (Å²) in [4.78, 5) is 15.2. The summed E-state index contributed by atoms with van der Waals surface area (Å²) in [5.41, 5.74) is -0.925. The van der Waals surface area contributed by atoms with Crippen molar-refractivity contribution < 1.29 is 24.5 Å². The van der Waals surface area contributed by atoms with E-state index in [1.54, 1.807) is 32.1 Å². The molecule has 1 aliphatic carbocycles. The maximum Gasteiger partial charge on any atom is 0.228 e. The van der Waals surface area contributed by atoms with Crippen LogP contribution in [0.15, 0.2) is 89.5 Å². The number of carbonyl (C=O) groups excluding carboxylic acids is 1. The fourth-order valence-corrected chi connectivity index (χ4v) is 6.62. The fourth-order valence-electron chi connectivity index (χ4n) is 6.36. The first-order valence-corrected chi connectivity index (χ1v) is 13.8.